The highest BCUT2D eigenvalue weighted by atomic mass is 16.2. The molecule has 0 saturated carbocycles. The molecule has 2 aliphatic rings. The van der Waals surface area contributed by atoms with E-state index in [1.165, 1.54) is 35.1 Å². The van der Waals surface area contributed by atoms with Crippen molar-refractivity contribution >= 4 is 5.91 Å². The van der Waals surface area contributed by atoms with E-state index in [1.807, 2.05) is 4.90 Å². The molecular formula is C30H34N2O. The lowest BCUT2D eigenvalue weighted by Gasteiger charge is -2.46. The van der Waals surface area contributed by atoms with E-state index in [4.69, 9.17) is 0 Å². The van der Waals surface area contributed by atoms with E-state index >= 15 is 0 Å². The monoisotopic (exact) mass is 438 g/mol. The summed E-state index contributed by atoms with van der Waals surface area (Å²) in [6.07, 6.45) is 3.46. The average Bonchev–Trinajstić information content (AvgIpc) is 2.88. The lowest BCUT2D eigenvalue weighted by Crippen LogP contribution is -2.49. The first kappa shape index (κ1) is 21.9. The van der Waals surface area contributed by atoms with E-state index in [2.05, 4.69) is 89.8 Å². The maximum Gasteiger partial charge on any atom is 0.219 e. The Balaban J connectivity index is 1.39. The number of piperidine rings is 1. The van der Waals surface area contributed by atoms with Crippen molar-refractivity contribution in [1.29, 1.82) is 0 Å². The third-order valence-corrected chi connectivity index (χ3v) is 7.84. The zero-order valence-electron chi connectivity index (χ0n) is 19.6. The normalized spacial score (nSPS) is 21.5. The van der Waals surface area contributed by atoms with E-state index in [9.17, 15) is 4.79 Å². The summed E-state index contributed by atoms with van der Waals surface area (Å²) >= 11 is 0. The van der Waals surface area contributed by atoms with Crippen LogP contribution in [0.25, 0.3) is 0 Å². The summed E-state index contributed by atoms with van der Waals surface area (Å²) < 4.78 is 0. The molecule has 2 aliphatic heterocycles. The first-order chi connectivity index (χ1) is 16.2. The molecule has 1 saturated heterocycles. The summed E-state index contributed by atoms with van der Waals surface area (Å²) in [5.41, 5.74) is 5.31. The van der Waals surface area contributed by atoms with Gasteiger partial charge in [0.2, 0.25) is 5.91 Å². The lowest BCUT2D eigenvalue weighted by molar-refractivity contribution is -0.130. The molecule has 3 heteroatoms. The van der Waals surface area contributed by atoms with Crippen molar-refractivity contribution in [2.45, 2.75) is 44.1 Å². The molecule has 3 aromatic rings. The Morgan fingerprint density at radius 2 is 1.52 bits per heavy atom. The molecular weight excluding hydrogens is 404 g/mol. The van der Waals surface area contributed by atoms with Crippen molar-refractivity contribution in [3.63, 3.8) is 0 Å². The lowest BCUT2D eigenvalue weighted by atomic mass is 9.68. The Bertz CT molecular complexity index is 1070. The molecule has 1 fully saturated rings. The van der Waals surface area contributed by atoms with Crippen LogP contribution >= 0.6 is 0 Å². The smallest absolute Gasteiger partial charge is 0.219 e. The van der Waals surface area contributed by atoms with Gasteiger partial charge in [-0.2, -0.15) is 0 Å². The minimum atomic E-state index is -0.169. The summed E-state index contributed by atoms with van der Waals surface area (Å²) in [5, 5.41) is 0. The van der Waals surface area contributed by atoms with Crippen LogP contribution in [-0.4, -0.2) is 41.9 Å². The fraction of sp³-hybridized carbons (Fsp3) is 0.367. The molecule has 170 valence electrons. The molecule has 0 bridgehead atoms. The second-order valence-corrected chi connectivity index (χ2v) is 9.76. The van der Waals surface area contributed by atoms with Gasteiger partial charge in [0, 0.05) is 25.4 Å². The molecule has 1 unspecified atom stereocenters. The number of carbonyl (C=O) groups is 1. The van der Waals surface area contributed by atoms with Crippen LogP contribution in [0.1, 0.15) is 54.4 Å². The molecule has 0 N–H and O–H groups in total. The van der Waals surface area contributed by atoms with Crippen molar-refractivity contribution in [3.05, 3.63) is 107 Å². The topological polar surface area (TPSA) is 23.6 Å². The predicted octanol–water partition coefficient (Wildman–Crippen LogP) is 5.60. The fourth-order valence-corrected chi connectivity index (χ4v) is 5.95. The highest BCUT2D eigenvalue weighted by molar-refractivity contribution is 5.74. The maximum absolute atomic E-state index is 12.5. The zero-order chi connectivity index (χ0) is 22.7. The van der Waals surface area contributed by atoms with Gasteiger partial charge < -0.3 is 9.80 Å². The largest absolute Gasteiger partial charge is 0.337 e. The molecule has 5 rings (SSSR count). The number of likely N-dealkylation sites (tertiary alicyclic amines) is 1. The van der Waals surface area contributed by atoms with Crippen LogP contribution in [0.4, 0.5) is 0 Å². The second-order valence-electron chi connectivity index (χ2n) is 9.76. The Kier molecular flexibility index (Phi) is 6.32. The molecule has 1 atom stereocenters. The third kappa shape index (κ3) is 4.47. The molecule has 0 spiro atoms. The first-order valence-corrected chi connectivity index (χ1v) is 12.3. The van der Waals surface area contributed by atoms with Gasteiger partial charge in [-0.15, -0.1) is 0 Å². The predicted molar refractivity (Wildman–Crippen MR) is 134 cm³/mol. The molecule has 0 aromatic heterocycles. The van der Waals surface area contributed by atoms with Gasteiger partial charge in [0.25, 0.3) is 0 Å². The number of benzene rings is 3. The fourth-order valence-electron chi connectivity index (χ4n) is 5.95. The quantitative estimate of drug-likeness (QED) is 0.517. The van der Waals surface area contributed by atoms with Crippen LogP contribution in [0, 0.1) is 0 Å². The number of rotatable bonds is 5. The van der Waals surface area contributed by atoms with Crippen LogP contribution in [0.2, 0.25) is 0 Å². The van der Waals surface area contributed by atoms with Crippen molar-refractivity contribution in [1.82, 2.24) is 9.80 Å². The Morgan fingerprint density at radius 1 is 0.879 bits per heavy atom. The first-order valence-electron chi connectivity index (χ1n) is 12.3. The van der Waals surface area contributed by atoms with Crippen LogP contribution in [0.5, 0.6) is 0 Å². The minimum Gasteiger partial charge on any atom is -0.337 e. The summed E-state index contributed by atoms with van der Waals surface area (Å²) in [5.74, 6) is 0.836. The Labute approximate surface area is 198 Å². The van der Waals surface area contributed by atoms with Crippen molar-refractivity contribution in [2.75, 3.05) is 26.2 Å². The summed E-state index contributed by atoms with van der Waals surface area (Å²) in [6, 6.07) is 30.6. The Morgan fingerprint density at radius 3 is 2.21 bits per heavy atom. The molecule has 33 heavy (non-hydrogen) atoms. The van der Waals surface area contributed by atoms with Gasteiger partial charge in [-0.1, -0.05) is 84.9 Å². The van der Waals surface area contributed by atoms with Gasteiger partial charge in [0.15, 0.2) is 0 Å². The molecule has 0 aliphatic carbocycles. The van der Waals surface area contributed by atoms with Gasteiger partial charge in [-0.25, -0.2) is 0 Å². The number of fused-ring (bicyclic) bond motifs is 1. The summed E-state index contributed by atoms with van der Waals surface area (Å²) in [4.78, 5) is 17.2. The van der Waals surface area contributed by atoms with Crippen LogP contribution in [0.15, 0.2) is 84.9 Å². The molecule has 0 radical (unpaired) electrons. The van der Waals surface area contributed by atoms with E-state index in [0.29, 0.717) is 12.5 Å². The maximum atomic E-state index is 12.5. The second kappa shape index (κ2) is 9.52. The molecule has 3 aromatic carbocycles. The number of nitrogens with zero attached hydrogens (tertiary/aromatic N) is 2. The van der Waals surface area contributed by atoms with E-state index in [0.717, 1.165) is 32.6 Å². The number of amides is 1. The van der Waals surface area contributed by atoms with Crippen LogP contribution < -0.4 is 0 Å². The summed E-state index contributed by atoms with van der Waals surface area (Å²) in [7, 11) is 0. The number of hydrogen-bond acceptors (Lipinski definition) is 2. The highest BCUT2D eigenvalue weighted by Gasteiger charge is 2.42. The van der Waals surface area contributed by atoms with Crippen molar-refractivity contribution < 1.29 is 4.79 Å². The van der Waals surface area contributed by atoms with Crippen molar-refractivity contribution in [3.8, 4) is 0 Å². The van der Waals surface area contributed by atoms with Gasteiger partial charge in [0.05, 0.1) is 0 Å². The van der Waals surface area contributed by atoms with Gasteiger partial charge in [-0.3, -0.25) is 4.79 Å². The van der Waals surface area contributed by atoms with Crippen LogP contribution in [-0.2, 0) is 16.8 Å². The van der Waals surface area contributed by atoms with Crippen LogP contribution in [0.3, 0.4) is 0 Å². The summed E-state index contributed by atoms with van der Waals surface area (Å²) in [6.45, 7) is 6.51. The standard InChI is InChI=1S/C30H34N2O/c1-24(33)32-22-27-12-8-9-15-29(27)30(23-32,28-13-6-3-7-14-28)18-21-31-19-16-26(17-20-31)25-10-4-2-5-11-25/h2-15,26H,16-23H2,1H3. The van der Waals surface area contributed by atoms with E-state index in [1.54, 1.807) is 6.92 Å². The SMILES string of the molecule is CC(=O)N1Cc2ccccc2C(CCN2CCC(c3ccccc3)CC2)(c2ccccc2)C1. The molecule has 3 nitrogen and oxygen atoms in total. The minimum absolute atomic E-state index is 0.161. The number of carbonyl (C=O) groups excluding carboxylic acids is 1. The van der Waals surface area contributed by atoms with Gasteiger partial charge in [0.1, 0.15) is 0 Å². The number of hydrogen-bond donors (Lipinski definition) is 0. The zero-order valence-corrected chi connectivity index (χ0v) is 19.6. The van der Waals surface area contributed by atoms with E-state index < -0.39 is 0 Å². The average molecular weight is 439 g/mol. The Hall–Kier alpha value is -2.91. The highest BCUT2D eigenvalue weighted by Crippen LogP contribution is 2.42. The third-order valence-electron chi connectivity index (χ3n) is 7.84. The molecule has 1 amide bonds. The molecule has 2 heterocycles. The van der Waals surface area contributed by atoms with Crippen molar-refractivity contribution in [2.24, 2.45) is 0 Å². The van der Waals surface area contributed by atoms with E-state index in [-0.39, 0.29) is 11.3 Å². The van der Waals surface area contributed by atoms with Gasteiger partial charge >= 0.3 is 0 Å². The van der Waals surface area contributed by atoms with Gasteiger partial charge in [-0.05, 0) is 67.1 Å².